The highest BCUT2D eigenvalue weighted by Gasteiger charge is 2.30. The van der Waals surface area contributed by atoms with Crippen LogP contribution in [-0.4, -0.2) is 16.3 Å². The van der Waals surface area contributed by atoms with Crippen molar-refractivity contribution < 1.29 is 4.79 Å². The van der Waals surface area contributed by atoms with Crippen LogP contribution in [0.3, 0.4) is 0 Å². The third-order valence-electron chi connectivity index (χ3n) is 3.76. The molecule has 0 saturated carbocycles. The van der Waals surface area contributed by atoms with Crippen LogP contribution < -0.4 is 5.32 Å². The smallest absolute Gasteiger partial charge is 0.239 e. The molecule has 1 fully saturated rings. The normalized spacial score (nSPS) is 19.5. The molecule has 3 nitrogen and oxygen atoms in total. The summed E-state index contributed by atoms with van der Waals surface area (Å²) in [5.41, 5.74) is 4.59. The lowest BCUT2D eigenvalue weighted by Crippen LogP contribution is -2.26. The molecule has 1 aliphatic heterocycles. The quantitative estimate of drug-likeness (QED) is 0.937. The summed E-state index contributed by atoms with van der Waals surface area (Å²) in [6, 6.07) is 16.1. The molecule has 1 aliphatic rings. The zero-order valence-corrected chi connectivity index (χ0v) is 13.5. The van der Waals surface area contributed by atoms with E-state index in [4.69, 9.17) is 0 Å². The molecule has 1 saturated heterocycles. The lowest BCUT2D eigenvalue weighted by Gasteiger charge is -2.07. The maximum Gasteiger partial charge on any atom is 0.239 e. The lowest BCUT2D eigenvalue weighted by atomic mass is 10.0. The van der Waals surface area contributed by atoms with E-state index >= 15 is 0 Å². The third kappa shape index (κ3) is 3.39. The Morgan fingerprint density at radius 1 is 1.09 bits per heavy atom. The predicted molar refractivity (Wildman–Crippen MR) is 92.7 cm³/mol. The minimum absolute atomic E-state index is 0.0397. The number of amidine groups is 1. The Morgan fingerprint density at radius 3 is 2.59 bits per heavy atom. The van der Waals surface area contributed by atoms with Crippen molar-refractivity contribution in [1.29, 1.82) is 0 Å². The molecule has 2 aromatic carbocycles. The molecular formula is C18H18N2OS. The van der Waals surface area contributed by atoms with Gasteiger partial charge in [0.15, 0.2) is 5.17 Å². The Balaban J connectivity index is 1.72. The largest absolute Gasteiger partial charge is 0.304 e. The molecule has 4 heteroatoms. The molecule has 0 bridgehead atoms. The maximum atomic E-state index is 12.1. The van der Waals surface area contributed by atoms with E-state index < -0.39 is 0 Å². The fourth-order valence-electron chi connectivity index (χ4n) is 2.36. The number of benzene rings is 2. The van der Waals surface area contributed by atoms with Gasteiger partial charge in [0.25, 0.3) is 0 Å². The number of rotatable bonds is 3. The van der Waals surface area contributed by atoms with Crippen LogP contribution in [0.25, 0.3) is 0 Å². The van der Waals surface area contributed by atoms with Crippen molar-refractivity contribution in [2.45, 2.75) is 25.5 Å². The van der Waals surface area contributed by atoms with Crippen LogP contribution in [0.2, 0.25) is 0 Å². The van der Waals surface area contributed by atoms with Gasteiger partial charge in [0, 0.05) is 0 Å². The molecule has 112 valence electrons. The number of hydrogen-bond acceptors (Lipinski definition) is 3. The van der Waals surface area contributed by atoms with Gasteiger partial charge in [0.2, 0.25) is 5.91 Å². The average molecular weight is 310 g/mol. The highest BCUT2D eigenvalue weighted by Crippen LogP contribution is 2.26. The van der Waals surface area contributed by atoms with E-state index in [-0.39, 0.29) is 11.2 Å². The van der Waals surface area contributed by atoms with Crippen molar-refractivity contribution in [3.63, 3.8) is 0 Å². The standard InChI is InChI=1S/C18H18N2OS/c1-12-8-9-14(10-13(12)2)11-16-17(21)20-18(22-16)19-15-6-4-3-5-7-15/h3-10,16H,11H2,1-2H3,(H,19,20,21). The molecule has 1 heterocycles. The van der Waals surface area contributed by atoms with Gasteiger partial charge in [0.1, 0.15) is 0 Å². The molecule has 0 aliphatic carbocycles. The van der Waals surface area contributed by atoms with Gasteiger partial charge in [-0.15, -0.1) is 0 Å². The first-order valence-corrected chi connectivity index (χ1v) is 8.17. The van der Waals surface area contributed by atoms with Gasteiger partial charge in [-0.05, 0) is 49.1 Å². The van der Waals surface area contributed by atoms with Crippen molar-refractivity contribution in [2.75, 3.05) is 0 Å². The van der Waals surface area contributed by atoms with E-state index in [0.717, 1.165) is 12.1 Å². The van der Waals surface area contributed by atoms with E-state index in [1.807, 2.05) is 30.3 Å². The molecular weight excluding hydrogens is 292 g/mol. The van der Waals surface area contributed by atoms with Crippen molar-refractivity contribution in [3.05, 3.63) is 65.2 Å². The number of thioether (sulfide) groups is 1. The Hall–Kier alpha value is -2.07. The molecule has 0 aromatic heterocycles. The van der Waals surface area contributed by atoms with Gasteiger partial charge in [-0.1, -0.05) is 48.2 Å². The number of nitrogens with zero attached hydrogens (tertiary/aromatic N) is 1. The highest BCUT2D eigenvalue weighted by molar-refractivity contribution is 8.15. The van der Waals surface area contributed by atoms with Crippen LogP contribution in [0.5, 0.6) is 0 Å². The van der Waals surface area contributed by atoms with Crippen LogP contribution >= 0.6 is 11.8 Å². The number of hydrogen-bond donors (Lipinski definition) is 1. The van der Waals surface area contributed by atoms with Crippen molar-refractivity contribution >= 4 is 28.5 Å². The summed E-state index contributed by atoms with van der Waals surface area (Å²) in [6.45, 7) is 4.20. The number of nitrogens with one attached hydrogen (secondary N) is 1. The van der Waals surface area contributed by atoms with E-state index in [1.165, 1.54) is 28.5 Å². The number of aliphatic imine (C=N–C) groups is 1. The first-order chi connectivity index (χ1) is 10.6. The van der Waals surface area contributed by atoms with Crippen molar-refractivity contribution in [1.82, 2.24) is 5.32 Å². The van der Waals surface area contributed by atoms with Crippen molar-refractivity contribution in [3.8, 4) is 0 Å². The fourth-order valence-corrected chi connectivity index (χ4v) is 3.39. The summed E-state index contributed by atoms with van der Waals surface area (Å²) in [4.78, 5) is 16.6. The Kier molecular flexibility index (Phi) is 4.29. The fraction of sp³-hybridized carbons (Fsp3) is 0.222. The first-order valence-electron chi connectivity index (χ1n) is 7.29. The monoisotopic (exact) mass is 310 g/mol. The zero-order chi connectivity index (χ0) is 15.5. The van der Waals surface area contributed by atoms with E-state index in [9.17, 15) is 4.79 Å². The Bertz CT molecular complexity index is 725. The summed E-state index contributed by atoms with van der Waals surface area (Å²) in [7, 11) is 0. The van der Waals surface area contributed by atoms with Gasteiger partial charge < -0.3 is 5.32 Å². The third-order valence-corrected chi connectivity index (χ3v) is 4.84. The minimum atomic E-state index is -0.107. The van der Waals surface area contributed by atoms with Gasteiger partial charge in [-0.3, -0.25) is 4.79 Å². The summed E-state index contributed by atoms with van der Waals surface area (Å²) < 4.78 is 0. The summed E-state index contributed by atoms with van der Waals surface area (Å²) in [5.74, 6) is 0.0397. The van der Waals surface area contributed by atoms with Gasteiger partial charge >= 0.3 is 0 Å². The number of aryl methyl sites for hydroxylation is 2. The summed E-state index contributed by atoms with van der Waals surface area (Å²) >= 11 is 1.51. The second-order valence-electron chi connectivity index (χ2n) is 5.47. The van der Waals surface area contributed by atoms with E-state index in [2.05, 4.69) is 42.4 Å². The number of amides is 1. The van der Waals surface area contributed by atoms with Crippen molar-refractivity contribution in [2.24, 2.45) is 4.99 Å². The lowest BCUT2D eigenvalue weighted by molar-refractivity contribution is -0.118. The molecule has 3 rings (SSSR count). The molecule has 22 heavy (non-hydrogen) atoms. The molecule has 2 aromatic rings. The molecule has 1 unspecified atom stereocenters. The first kappa shape index (κ1) is 14.9. The number of para-hydroxylation sites is 1. The van der Waals surface area contributed by atoms with Gasteiger partial charge in [0.05, 0.1) is 10.9 Å². The predicted octanol–water partition coefficient (Wildman–Crippen LogP) is 3.77. The van der Waals surface area contributed by atoms with E-state index in [0.29, 0.717) is 5.17 Å². The summed E-state index contributed by atoms with van der Waals surface area (Å²) in [5, 5.41) is 3.45. The molecule has 1 atom stereocenters. The number of carbonyl (C=O) groups is 1. The Labute approximate surface area is 134 Å². The van der Waals surface area contributed by atoms with Crippen LogP contribution in [0.4, 0.5) is 5.69 Å². The van der Waals surface area contributed by atoms with Gasteiger partial charge in [-0.25, -0.2) is 4.99 Å². The highest BCUT2D eigenvalue weighted by atomic mass is 32.2. The maximum absolute atomic E-state index is 12.1. The van der Waals surface area contributed by atoms with Gasteiger partial charge in [-0.2, -0.15) is 0 Å². The number of carbonyl (C=O) groups excluding carboxylic acids is 1. The molecule has 0 radical (unpaired) electrons. The average Bonchev–Trinajstić information content (AvgIpc) is 2.84. The SMILES string of the molecule is Cc1ccc(CC2SC(=Nc3ccccc3)NC2=O)cc1C. The van der Waals surface area contributed by atoms with Crippen LogP contribution in [-0.2, 0) is 11.2 Å². The van der Waals surface area contributed by atoms with E-state index in [1.54, 1.807) is 0 Å². The molecule has 1 N–H and O–H groups in total. The summed E-state index contributed by atoms with van der Waals surface area (Å²) in [6.07, 6.45) is 0.728. The minimum Gasteiger partial charge on any atom is -0.304 e. The molecule has 0 spiro atoms. The second-order valence-corrected chi connectivity index (χ2v) is 6.66. The second kappa shape index (κ2) is 6.36. The van der Waals surface area contributed by atoms with Crippen LogP contribution in [0.15, 0.2) is 53.5 Å². The van der Waals surface area contributed by atoms with Crippen LogP contribution in [0, 0.1) is 13.8 Å². The topological polar surface area (TPSA) is 41.5 Å². The Morgan fingerprint density at radius 2 is 1.86 bits per heavy atom. The van der Waals surface area contributed by atoms with Crippen LogP contribution in [0.1, 0.15) is 16.7 Å². The molecule has 1 amide bonds. The zero-order valence-electron chi connectivity index (χ0n) is 12.7.